The Labute approximate surface area is 166 Å². The minimum absolute atomic E-state index is 0.0799. The van der Waals surface area contributed by atoms with Crippen LogP contribution < -0.4 is 4.90 Å². The zero-order valence-electron chi connectivity index (χ0n) is 15.5. The average molecular weight is 386 g/mol. The summed E-state index contributed by atoms with van der Waals surface area (Å²) in [7, 11) is 0. The molecular weight excluding hydrogens is 368 g/mol. The van der Waals surface area contributed by atoms with Crippen molar-refractivity contribution in [1.29, 1.82) is 0 Å². The van der Waals surface area contributed by atoms with Gasteiger partial charge >= 0.3 is 0 Å². The number of rotatable bonds is 2. The number of nitrogens with zero attached hydrogens (tertiary/aromatic N) is 2. The van der Waals surface area contributed by atoms with Crippen molar-refractivity contribution >= 4 is 22.6 Å². The second-order valence-electron chi connectivity index (χ2n) is 7.10. The van der Waals surface area contributed by atoms with Crippen molar-refractivity contribution < 1.29 is 19.4 Å². The Balaban J connectivity index is 1.55. The number of aryl methyl sites for hydroxylation is 1. The summed E-state index contributed by atoms with van der Waals surface area (Å²) in [5.74, 6) is -0.593. The number of aromatic nitrogens is 1. The van der Waals surface area contributed by atoms with Crippen LogP contribution in [-0.2, 0) is 6.42 Å². The van der Waals surface area contributed by atoms with E-state index in [2.05, 4.69) is 11.1 Å². The topological polar surface area (TPSA) is 86.8 Å². The van der Waals surface area contributed by atoms with E-state index in [4.69, 9.17) is 4.42 Å². The maximum absolute atomic E-state index is 13.0. The van der Waals surface area contributed by atoms with Gasteiger partial charge in [-0.1, -0.05) is 6.07 Å². The summed E-state index contributed by atoms with van der Waals surface area (Å²) >= 11 is 0. The fraction of sp³-hybridized carbons (Fsp3) is 0.130. The Morgan fingerprint density at radius 3 is 2.83 bits per heavy atom. The summed E-state index contributed by atoms with van der Waals surface area (Å²) in [4.78, 5) is 19.3. The number of carbonyl (C=O) groups is 1. The van der Waals surface area contributed by atoms with Crippen molar-refractivity contribution in [2.24, 2.45) is 0 Å². The van der Waals surface area contributed by atoms with Crippen molar-refractivity contribution in [1.82, 2.24) is 4.98 Å². The van der Waals surface area contributed by atoms with Crippen LogP contribution in [0.1, 0.15) is 22.3 Å². The van der Waals surface area contributed by atoms with E-state index in [0.29, 0.717) is 6.54 Å². The average Bonchev–Trinajstić information content (AvgIpc) is 3.21. The molecule has 0 fully saturated rings. The largest absolute Gasteiger partial charge is 0.508 e. The van der Waals surface area contributed by atoms with E-state index in [1.54, 1.807) is 17.4 Å². The molecule has 1 amide bonds. The first-order valence-corrected chi connectivity index (χ1v) is 9.41. The van der Waals surface area contributed by atoms with Crippen LogP contribution >= 0.6 is 0 Å². The van der Waals surface area contributed by atoms with E-state index in [1.165, 1.54) is 18.2 Å². The number of phenols is 2. The van der Waals surface area contributed by atoms with Gasteiger partial charge in [0.1, 0.15) is 17.1 Å². The zero-order valence-corrected chi connectivity index (χ0v) is 15.5. The quantitative estimate of drug-likeness (QED) is 0.530. The van der Waals surface area contributed by atoms with Gasteiger partial charge in [0.05, 0.1) is 17.5 Å². The monoisotopic (exact) mass is 386 g/mol. The Bertz CT molecular complexity index is 1240. The van der Waals surface area contributed by atoms with E-state index in [1.807, 2.05) is 24.3 Å². The molecule has 0 saturated carbocycles. The number of hydrogen-bond donors (Lipinski definition) is 2. The van der Waals surface area contributed by atoms with Crippen LogP contribution in [0.25, 0.3) is 22.2 Å². The lowest BCUT2D eigenvalue weighted by Gasteiger charge is -2.30. The normalized spacial score (nSPS) is 13.4. The molecule has 0 unspecified atom stereocenters. The predicted octanol–water partition coefficient (Wildman–Crippen LogP) is 4.50. The van der Waals surface area contributed by atoms with Gasteiger partial charge in [0.2, 0.25) is 0 Å². The summed E-state index contributed by atoms with van der Waals surface area (Å²) < 4.78 is 5.48. The molecule has 4 aromatic rings. The number of pyridine rings is 1. The third kappa shape index (κ3) is 2.89. The first-order valence-electron chi connectivity index (χ1n) is 9.41. The zero-order chi connectivity index (χ0) is 20.0. The maximum atomic E-state index is 13.0. The summed E-state index contributed by atoms with van der Waals surface area (Å²) in [5, 5.41) is 20.5. The van der Waals surface area contributed by atoms with Crippen molar-refractivity contribution in [3.05, 3.63) is 72.1 Å². The van der Waals surface area contributed by atoms with Gasteiger partial charge in [-0.25, -0.2) is 0 Å². The van der Waals surface area contributed by atoms with Crippen molar-refractivity contribution in [2.45, 2.75) is 12.8 Å². The molecule has 2 aromatic carbocycles. The van der Waals surface area contributed by atoms with Crippen molar-refractivity contribution in [2.75, 3.05) is 11.4 Å². The second kappa shape index (κ2) is 6.67. The van der Waals surface area contributed by atoms with Gasteiger partial charge in [-0.2, -0.15) is 0 Å². The number of carbonyl (C=O) groups excluding carboxylic acids is 1. The van der Waals surface area contributed by atoms with Crippen molar-refractivity contribution in [3.8, 4) is 22.8 Å². The van der Waals surface area contributed by atoms with Crippen LogP contribution in [0.5, 0.6) is 11.5 Å². The Morgan fingerprint density at radius 2 is 1.97 bits per heavy atom. The molecule has 144 valence electrons. The third-order valence-electron chi connectivity index (χ3n) is 5.31. The summed E-state index contributed by atoms with van der Waals surface area (Å²) in [5.41, 5.74) is 4.66. The predicted molar refractivity (Wildman–Crippen MR) is 109 cm³/mol. The number of aromatic hydroxyl groups is 2. The standard InChI is InChI=1S/C23H18N2O4/c26-16-4-5-17(20(27)13-16)23(28)25-10-1-2-14-12-15(3-6-19(14)25)22-18-8-11-29-21(18)7-9-24-22/h3-9,11-13,26-27H,1-2,10H2. The van der Waals surface area contributed by atoms with Crippen LogP contribution in [0.4, 0.5) is 5.69 Å². The molecule has 2 aromatic heterocycles. The summed E-state index contributed by atoms with van der Waals surface area (Å²) in [6.07, 6.45) is 5.06. The number of phenolic OH excluding ortho intramolecular Hbond substituents is 2. The number of amides is 1. The molecule has 1 aliphatic rings. The molecule has 3 heterocycles. The number of benzene rings is 2. The number of anilines is 1. The Kier molecular flexibility index (Phi) is 3.98. The molecule has 0 saturated heterocycles. The van der Waals surface area contributed by atoms with E-state index in [-0.39, 0.29) is 23.0 Å². The van der Waals surface area contributed by atoms with Gasteiger partial charge in [-0.15, -0.1) is 0 Å². The van der Waals surface area contributed by atoms with Gasteiger partial charge < -0.3 is 19.5 Å². The van der Waals surface area contributed by atoms with E-state index < -0.39 is 0 Å². The lowest BCUT2D eigenvalue weighted by atomic mass is 9.96. The van der Waals surface area contributed by atoms with Gasteiger partial charge in [-0.3, -0.25) is 9.78 Å². The molecule has 2 N–H and O–H groups in total. The molecular formula is C23H18N2O4. The molecule has 5 rings (SSSR count). The fourth-order valence-corrected chi connectivity index (χ4v) is 3.93. The van der Waals surface area contributed by atoms with Crippen LogP contribution in [0.2, 0.25) is 0 Å². The minimum atomic E-state index is -0.286. The molecule has 0 radical (unpaired) electrons. The van der Waals surface area contributed by atoms with Gasteiger partial charge in [-0.05, 0) is 54.8 Å². The molecule has 0 bridgehead atoms. The lowest BCUT2D eigenvalue weighted by molar-refractivity contribution is 0.0982. The highest BCUT2D eigenvalue weighted by Gasteiger charge is 2.26. The first kappa shape index (κ1) is 17.3. The lowest BCUT2D eigenvalue weighted by Crippen LogP contribution is -2.35. The van der Waals surface area contributed by atoms with Gasteiger partial charge in [0.25, 0.3) is 5.91 Å². The SMILES string of the molecule is O=C(c1ccc(O)cc1O)N1CCCc2cc(-c3nccc4occc34)ccc21. The number of fused-ring (bicyclic) bond motifs is 2. The van der Waals surface area contributed by atoms with Crippen LogP contribution in [0, 0.1) is 0 Å². The number of hydrogen-bond acceptors (Lipinski definition) is 5. The molecule has 6 heteroatoms. The highest BCUT2D eigenvalue weighted by Crippen LogP contribution is 2.35. The van der Waals surface area contributed by atoms with Crippen LogP contribution in [0.3, 0.4) is 0 Å². The highest BCUT2D eigenvalue weighted by atomic mass is 16.3. The van der Waals surface area contributed by atoms with Crippen LogP contribution in [-0.4, -0.2) is 27.6 Å². The molecule has 6 nitrogen and oxygen atoms in total. The fourth-order valence-electron chi connectivity index (χ4n) is 3.93. The Morgan fingerprint density at radius 1 is 1.07 bits per heavy atom. The summed E-state index contributed by atoms with van der Waals surface area (Å²) in [6.45, 7) is 0.570. The minimum Gasteiger partial charge on any atom is -0.508 e. The molecule has 0 aliphatic carbocycles. The Hall–Kier alpha value is -3.80. The second-order valence-corrected chi connectivity index (χ2v) is 7.10. The number of furan rings is 1. The smallest absolute Gasteiger partial charge is 0.262 e. The molecule has 0 spiro atoms. The molecule has 0 atom stereocenters. The third-order valence-corrected chi connectivity index (χ3v) is 5.31. The van der Waals surface area contributed by atoms with E-state index in [9.17, 15) is 15.0 Å². The molecule has 1 aliphatic heterocycles. The van der Waals surface area contributed by atoms with Gasteiger partial charge in [0.15, 0.2) is 0 Å². The maximum Gasteiger partial charge on any atom is 0.262 e. The first-order chi connectivity index (χ1) is 14.1. The highest BCUT2D eigenvalue weighted by molar-refractivity contribution is 6.08. The summed E-state index contributed by atoms with van der Waals surface area (Å²) in [6, 6.07) is 13.7. The van der Waals surface area contributed by atoms with E-state index >= 15 is 0 Å². The van der Waals surface area contributed by atoms with E-state index in [0.717, 1.165) is 46.3 Å². The van der Waals surface area contributed by atoms with Crippen molar-refractivity contribution in [3.63, 3.8) is 0 Å². The van der Waals surface area contributed by atoms with Gasteiger partial charge in [0, 0.05) is 35.4 Å². The molecule has 29 heavy (non-hydrogen) atoms. The van der Waals surface area contributed by atoms with Crippen LogP contribution in [0.15, 0.2) is 65.4 Å².